The minimum absolute atomic E-state index is 0. The predicted octanol–water partition coefficient (Wildman–Crippen LogP) is 4.14. The number of benzene rings is 4. The Kier molecular flexibility index (Phi) is 23.4. The minimum atomic E-state index is -3.97. The molecule has 64 heavy (non-hydrogen) atoms. The maximum Gasteiger partial charge on any atom is 1.00 e. The van der Waals surface area contributed by atoms with Crippen molar-refractivity contribution in [3.8, 4) is 0 Å². The molecule has 0 fully saturated rings. The monoisotopic (exact) mass is 963 g/mol. The fraction of sp³-hybridized carbons (Fsp3) is 0.467. The second-order valence-electron chi connectivity index (χ2n) is 18.7. The van der Waals surface area contributed by atoms with Crippen molar-refractivity contribution in [3.05, 3.63) is 118 Å². The van der Waals surface area contributed by atoms with Crippen LogP contribution in [0.15, 0.2) is 92.4 Å². The molecule has 0 spiro atoms. The van der Waals surface area contributed by atoms with Gasteiger partial charge in [0.2, 0.25) is 10.0 Å². The van der Waals surface area contributed by atoms with Gasteiger partial charge in [-0.05, 0) is 92.4 Å². The summed E-state index contributed by atoms with van der Waals surface area (Å²) >= 11 is 0. The van der Waals surface area contributed by atoms with E-state index in [9.17, 15) is 51.2 Å². The first kappa shape index (κ1) is 63.6. The standard InChI is InChI=1S/2C12H17FO2S.C11H15FO2S.C10H14FNO2S.2Li/c2*1-5-16(14,15)11-7-6-9(8-10(11)13)12(2,3)4;1-11(2,3)8-5-6-10(9(12)7-8)15(4,13)14;1-10(2,3)7-4-5-9(8(11)6-7)15(12,13)14;;/h2*6-8H,5H2,1-4H3;5-7H,1-4H3;4-6H,1-3H3,(H2,12,13,14);;/q;;;;2*+1. The quantitative estimate of drug-likeness (QED) is 0.223. The van der Waals surface area contributed by atoms with Crippen molar-refractivity contribution in [2.45, 2.75) is 138 Å². The average Bonchev–Trinajstić information content (AvgIpc) is 3.09. The number of halogens is 4. The van der Waals surface area contributed by atoms with Crippen LogP contribution in [0.2, 0.25) is 0 Å². The molecule has 0 amide bonds. The Hall–Kier alpha value is -2.45. The van der Waals surface area contributed by atoms with Gasteiger partial charge < -0.3 is 0 Å². The first-order valence-electron chi connectivity index (χ1n) is 19.5. The molecule has 0 aliphatic carbocycles. The number of sulfone groups is 3. The van der Waals surface area contributed by atoms with E-state index in [0.717, 1.165) is 28.5 Å². The molecule has 0 bridgehead atoms. The molecule has 4 aromatic rings. The van der Waals surface area contributed by atoms with E-state index >= 15 is 0 Å². The summed E-state index contributed by atoms with van der Waals surface area (Å²) in [7, 11) is -14.4. The molecular formula is C45H63F4Li2NO8S4+2. The molecule has 0 saturated carbocycles. The first-order valence-corrected chi connectivity index (χ1v) is 26.2. The third-order valence-corrected chi connectivity index (χ3v) is 14.9. The summed E-state index contributed by atoms with van der Waals surface area (Å²) in [6.07, 6.45) is 1.00. The van der Waals surface area contributed by atoms with Gasteiger partial charge in [0.1, 0.15) is 42.9 Å². The van der Waals surface area contributed by atoms with Crippen LogP contribution >= 0.6 is 0 Å². The fourth-order valence-corrected chi connectivity index (χ4v) is 8.42. The zero-order valence-corrected chi connectivity index (χ0v) is 43.6. The maximum atomic E-state index is 13.7. The third kappa shape index (κ3) is 19.0. The zero-order valence-electron chi connectivity index (χ0n) is 40.3. The largest absolute Gasteiger partial charge is 1.00 e. The molecule has 0 aromatic heterocycles. The molecule has 0 aliphatic heterocycles. The van der Waals surface area contributed by atoms with Crippen molar-refractivity contribution in [2.75, 3.05) is 17.8 Å². The summed E-state index contributed by atoms with van der Waals surface area (Å²) in [5, 5.41) is 4.85. The van der Waals surface area contributed by atoms with Gasteiger partial charge in [-0.3, -0.25) is 0 Å². The Labute approximate surface area is 405 Å². The van der Waals surface area contributed by atoms with Gasteiger partial charge in [0.05, 0.1) is 11.5 Å². The van der Waals surface area contributed by atoms with Gasteiger partial charge >= 0.3 is 37.7 Å². The number of nitrogens with two attached hydrogens (primary N) is 1. The van der Waals surface area contributed by atoms with Gasteiger partial charge in [-0.25, -0.2) is 56.4 Å². The molecular weight excluding hydrogens is 901 g/mol. The van der Waals surface area contributed by atoms with Crippen LogP contribution in [0.1, 0.15) is 119 Å². The molecule has 4 aromatic carbocycles. The molecule has 9 nitrogen and oxygen atoms in total. The van der Waals surface area contributed by atoms with Crippen molar-refractivity contribution in [1.82, 2.24) is 0 Å². The van der Waals surface area contributed by atoms with Gasteiger partial charge in [0.15, 0.2) is 29.5 Å². The van der Waals surface area contributed by atoms with Crippen LogP contribution < -0.4 is 42.9 Å². The summed E-state index contributed by atoms with van der Waals surface area (Å²) in [6.45, 7) is 26.3. The van der Waals surface area contributed by atoms with Crippen LogP contribution in [-0.2, 0) is 61.2 Å². The van der Waals surface area contributed by atoms with E-state index in [-0.39, 0.29) is 85.6 Å². The molecule has 348 valence electrons. The Morgan fingerprint density at radius 3 is 0.766 bits per heavy atom. The Morgan fingerprint density at radius 1 is 0.406 bits per heavy atom. The number of primary sulfonamides is 1. The molecule has 19 heteroatoms. The second-order valence-corrected chi connectivity index (χ2v) is 26.7. The van der Waals surface area contributed by atoms with E-state index in [0.29, 0.717) is 0 Å². The van der Waals surface area contributed by atoms with Gasteiger partial charge in [0.25, 0.3) is 0 Å². The number of rotatable bonds is 6. The third-order valence-electron chi connectivity index (χ3n) is 9.33. The summed E-state index contributed by atoms with van der Waals surface area (Å²) in [5.74, 6) is -2.96. The fourth-order valence-electron chi connectivity index (χ4n) is 5.22. The average molecular weight is 964 g/mol. The molecule has 0 unspecified atom stereocenters. The van der Waals surface area contributed by atoms with Crippen molar-refractivity contribution < 1.29 is 89.0 Å². The maximum absolute atomic E-state index is 13.7. The van der Waals surface area contributed by atoms with Crippen molar-refractivity contribution >= 4 is 39.5 Å². The first-order chi connectivity index (χ1) is 27.6. The summed E-state index contributed by atoms with van der Waals surface area (Å²) in [5.41, 5.74) is 2.32. The van der Waals surface area contributed by atoms with Crippen LogP contribution in [-0.4, -0.2) is 51.4 Å². The van der Waals surface area contributed by atoms with Crippen LogP contribution in [0.25, 0.3) is 0 Å². The predicted molar refractivity (Wildman–Crippen MR) is 240 cm³/mol. The van der Waals surface area contributed by atoms with Crippen molar-refractivity contribution in [3.63, 3.8) is 0 Å². The molecule has 0 saturated heterocycles. The smallest absolute Gasteiger partial charge is 0.225 e. The van der Waals surface area contributed by atoms with E-state index in [4.69, 9.17) is 5.14 Å². The molecule has 0 heterocycles. The van der Waals surface area contributed by atoms with Crippen LogP contribution in [0.5, 0.6) is 0 Å². The Morgan fingerprint density at radius 2 is 0.609 bits per heavy atom. The topological polar surface area (TPSA) is 163 Å². The Bertz CT molecular complexity index is 2480. The Balaban J connectivity index is 0. The van der Waals surface area contributed by atoms with Gasteiger partial charge in [-0.1, -0.05) is 121 Å². The van der Waals surface area contributed by atoms with E-state index in [1.54, 1.807) is 24.3 Å². The van der Waals surface area contributed by atoms with Crippen LogP contribution in [0, 0.1) is 23.3 Å². The van der Waals surface area contributed by atoms with Gasteiger partial charge in [0, 0.05) is 6.26 Å². The summed E-state index contributed by atoms with van der Waals surface area (Å²) in [6, 6.07) is 16.9. The number of sulfonamides is 1. The molecule has 2 N–H and O–H groups in total. The van der Waals surface area contributed by atoms with Crippen molar-refractivity contribution in [2.24, 2.45) is 5.14 Å². The normalized spacial score (nSPS) is 12.4. The minimum Gasteiger partial charge on any atom is -0.225 e. The zero-order chi connectivity index (χ0) is 48.8. The van der Waals surface area contributed by atoms with Crippen LogP contribution in [0.4, 0.5) is 17.6 Å². The van der Waals surface area contributed by atoms with Gasteiger partial charge in [-0.15, -0.1) is 0 Å². The molecule has 0 atom stereocenters. The molecule has 0 aliphatic rings. The summed E-state index contributed by atoms with van der Waals surface area (Å²) in [4.78, 5) is -1.11. The van der Waals surface area contributed by atoms with E-state index in [1.807, 2.05) is 83.1 Å². The van der Waals surface area contributed by atoms with E-state index < -0.39 is 67.7 Å². The second kappa shape index (κ2) is 23.5. The number of hydrogen-bond donors (Lipinski definition) is 1. The van der Waals surface area contributed by atoms with Gasteiger partial charge in [-0.2, -0.15) is 0 Å². The molecule has 4 rings (SSSR count). The van der Waals surface area contributed by atoms with Crippen molar-refractivity contribution in [1.29, 1.82) is 0 Å². The summed E-state index contributed by atoms with van der Waals surface area (Å²) < 4.78 is 145. The van der Waals surface area contributed by atoms with E-state index in [2.05, 4.69) is 0 Å². The van der Waals surface area contributed by atoms with Crippen LogP contribution in [0.3, 0.4) is 0 Å². The number of hydrogen-bond acceptors (Lipinski definition) is 8. The van der Waals surface area contributed by atoms with E-state index in [1.165, 1.54) is 62.4 Å². The molecule has 0 radical (unpaired) electrons. The SMILES string of the molecule is CC(C)(C)c1ccc(S(C)(=O)=O)c(F)c1.CC(C)(C)c1ccc(S(N)(=O)=O)c(F)c1.CCS(=O)(=O)c1ccc(C(C)(C)C)cc1F.CCS(=O)(=O)c1ccc(C(C)(C)C)cc1F.[Li+].[Li+].